The zero-order valence-corrected chi connectivity index (χ0v) is 8.61. The van der Waals surface area contributed by atoms with Gasteiger partial charge in [0.15, 0.2) is 0 Å². The maximum atomic E-state index is 5.56. The number of hydrogen-bond acceptors (Lipinski definition) is 1. The zero-order valence-electron chi connectivity index (χ0n) is 7.03. The molecule has 2 heteroatoms. The van der Waals surface area contributed by atoms with Crippen LogP contribution in [0.2, 0.25) is 0 Å². The maximum Gasteiger partial charge on any atom is 0.0407 e. The van der Waals surface area contributed by atoms with Crippen molar-refractivity contribution < 1.29 is 0 Å². The Morgan fingerprint density at radius 2 is 2.23 bits per heavy atom. The average Bonchev–Trinajstić information content (AvgIpc) is 2.61. The van der Waals surface area contributed by atoms with Crippen LogP contribution in [0.1, 0.15) is 5.56 Å². The van der Waals surface area contributed by atoms with Crippen LogP contribution < -0.4 is 0 Å². The number of halogens is 1. The number of allylic oxidation sites excluding steroid dienone is 1. The van der Waals surface area contributed by atoms with Gasteiger partial charge in [0.1, 0.15) is 0 Å². The molecule has 2 rings (SSSR count). The molecule has 0 atom stereocenters. The number of hydrogen-bond donors (Lipinski definition) is 0. The highest BCUT2D eigenvalue weighted by molar-refractivity contribution is 7.17. The SMILES string of the molecule is ClCC=Cc1ccc2ccsc2c1. The fourth-order valence-electron chi connectivity index (χ4n) is 1.26. The second-order valence-electron chi connectivity index (χ2n) is 2.77. The third-order valence-electron chi connectivity index (χ3n) is 1.88. The number of thiophene rings is 1. The Morgan fingerprint density at radius 3 is 3.08 bits per heavy atom. The van der Waals surface area contributed by atoms with Crippen molar-refractivity contribution >= 4 is 39.1 Å². The molecule has 0 amide bonds. The van der Waals surface area contributed by atoms with Gasteiger partial charge in [0.25, 0.3) is 0 Å². The molecule has 0 saturated heterocycles. The summed E-state index contributed by atoms with van der Waals surface area (Å²) >= 11 is 7.33. The monoisotopic (exact) mass is 208 g/mol. The van der Waals surface area contributed by atoms with Crippen LogP contribution in [0.5, 0.6) is 0 Å². The van der Waals surface area contributed by atoms with E-state index < -0.39 is 0 Å². The van der Waals surface area contributed by atoms with E-state index in [4.69, 9.17) is 11.6 Å². The van der Waals surface area contributed by atoms with E-state index in [2.05, 4.69) is 29.6 Å². The topological polar surface area (TPSA) is 0 Å². The van der Waals surface area contributed by atoms with Gasteiger partial charge < -0.3 is 0 Å². The molecule has 1 aromatic carbocycles. The highest BCUT2D eigenvalue weighted by Gasteiger charge is 1.93. The molecule has 0 bridgehead atoms. The second kappa shape index (κ2) is 3.95. The zero-order chi connectivity index (χ0) is 9.10. The van der Waals surface area contributed by atoms with Crippen LogP contribution in [0.25, 0.3) is 16.2 Å². The van der Waals surface area contributed by atoms with Gasteiger partial charge in [0.05, 0.1) is 0 Å². The summed E-state index contributed by atoms with van der Waals surface area (Å²) in [7, 11) is 0. The highest BCUT2D eigenvalue weighted by Crippen LogP contribution is 2.22. The van der Waals surface area contributed by atoms with Crippen LogP contribution in [0.3, 0.4) is 0 Å². The van der Waals surface area contributed by atoms with Crippen LogP contribution in [-0.2, 0) is 0 Å². The van der Waals surface area contributed by atoms with Gasteiger partial charge in [-0.1, -0.05) is 24.3 Å². The molecule has 13 heavy (non-hydrogen) atoms. The molecule has 0 nitrogen and oxygen atoms in total. The first-order chi connectivity index (χ1) is 6.40. The molecule has 2 aromatic rings. The van der Waals surface area contributed by atoms with Crippen molar-refractivity contribution in [3.63, 3.8) is 0 Å². The van der Waals surface area contributed by atoms with Gasteiger partial charge in [-0.15, -0.1) is 22.9 Å². The van der Waals surface area contributed by atoms with Crippen molar-refractivity contribution in [3.05, 3.63) is 41.3 Å². The minimum Gasteiger partial charge on any atom is -0.144 e. The summed E-state index contributed by atoms with van der Waals surface area (Å²) in [5, 5.41) is 3.42. The summed E-state index contributed by atoms with van der Waals surface area (Å²) in [6, 6.07) is 8.57. The Kier molecular flexibility index (Phi) is 2.67. The second-order valence-corrected chi connectivity index (χ2v) is 4.03. The van der Waals surface area contributed by atoms with Crippen molar-refractivity contribution in [2.45, 2.75) is 0 Å². The summed E-state index contributed by atoms with van der Waals surface area (Å²) in [5.41, 5.74) is 1.22. The van der Waals surface area contributed by atoms with Crippen LogP contribution in [-0.4, -0.2) is 5.88 Å². The van der Waals surface area contributed by atoms with Crippen LogP contribution in [0, 0.1) is 0 Å². The summed E-state index contributed by atoms with van der Waals surface area (Å²) in [6.07, 6.45) is 4.00. The van der Waals surface area contributed by atoms with Crippen molar-refractivity contribution in [2.75, 3.05) is 5.88 Å². The quantitative estimate of drug-likeness (QED) is 0.651. The van der Waals surface area contributed by atoms with Gasteiger partial charge in [0.2, 0.25) is 0 Å². The number of alkyl halides is 1. The first kappa shape index (κ1) is 8.79. The lowest BCUT2D eigenvalue weighted by atomic mass is 10.2. The third kappa shape index (κ3) is 1.93. The molecule has 0 unspecified atom stereocenters. The minimum atomic E-state index is 0.572. The van der Waals surface area contributed by atoms with Crippen molar-refractivity contribution in [2.24, 2.45) is 0 Å². The van der Waals surface area contributed by atoms with Gasteiger partial charge in [-0.2, -0.15) is 0 Å². The van der Waals surface area contributed by atoms with Crippen molar-refractivity contribution in [3.8, 4) is 0 Å². The molecule has 0 N–H and O–H groups in total. The summed E-state index contributed by atoms with van der Waals surface area (Å²) in [4.78, 5) is 0. The predicted molar refractivity (Wildman–Crippen MR) is 61.6 cm³/mol. The fourth-order valence-corrected chi connectivity index (χ4v) is 2.18. The summed E-state index contributed by atoms with van der Waals surface area (Å²) < 4.78 is 1.33. The Balaban J connectivity index is 2.42. The number of rotatable bonds is 2. The molecule has 66 valence electrons. The number of fused-ring (bicyclic) bond motifs is 1. The lowest BCUT2D eigenvalue weighted by Gasteiger charge is -1.92. The largest absolute Gasteiger partial charge is 0.144 e. The molecule has 1 aromatic heterocycles. The normalized spacial score (nSPS) is 11.5. The van der Waals surface area contributed by atoms with Crippen molar-refractivity contribution in [1.82, 2.24) is 0 Å². The molecular formula is C11H9ClS. The van der Waals surface area contributed by atoms with E-state index in [-0.39, 0.29) is 0 Å². The molecule has 0 saturated carbocycles. The van der Waals surface area contributed by atoms with E-state index in [0.717, 1.165) is 0 Å². The molecule has 0 radical (unpaired) electrons. The van der Waals surface area contributed by atoms with Crippen molar-refractivity contribution in [1.29, 1.82) is 0 Å². The van der Waals surface area contributed by atoms with Gasteiger partial charge >= 0.3 is 0 Å². The highest BCUT2D eigenvalue weighted by atomic mass is 35.5. The first-order valence-corrected chi connectivity index (χ1v) is 5.51. The third-order valence-corrected chi connectivity index (χ3v) is 2.94. The Labute approximate surface area is 86.5 Å². The van der Waals surface area contributed by atoms with E-state index in [1.165, 1.54) is 15.6 Å². The van der Waals surface area contributed by atoms with E-state index >= 15 is 0 Å². The molecule has 0 spiro atoms. The Morgan fingerprint density at radius 1 is 1.31 bits per heavy atom. The predicted octanol–water partition coefficient (Wildman–Crippen LogP) is 4.15. The molecule has 0 fully saturated rings. The summed E-state index contributed by atoms with van der Waals surface area (Å²) in [6.45, 7) is 0. The van der Waals surface area contributed by atoms with Crippen LogP contribution in [0.4, 0.5) is 0 Å². The van der Waals surface area contributed by atoms with E-state index in [1.54, 1.807) is 11.3 Å². The molecular weight excluding hydrogens is 200 g/mol. The molecule has 1 heterocycles. The lowest BCUT2D eigenvalue weighted by Crippen LogP contribution is -1.70. The van der Waals surface area contributed by atoms with Gasteiger partial charge in [-0.25, -0.2) is 0 Å². The van der Waals surface area contributed by atoms with E-state index in [1.807, 2.05) is 12.2 Å². The molecule has 0 aliphatic heterocycles. The number of benzene rings is 1. The Hall–Kier alpha value is -0.790. The average molecular weight is 209 g/mol. The van der Waals surface area contributed by atoms with Gasteiger partial charge in [0, 0.05) is 10.6 Å². The Bertz CT molecular complexity index is 428. The minimum absolute atomic E-state index is 0.572. The van der Waals surface area contributed by atoms with Crippen LogP contribution in [0.15, 0.2) is 35.7 Å². The maximum absolute atomic E-state index is 5.56. The molecule has 0 aliphatic carbocycles. The first-order valence-electron chi connectivity index (χ1n) is 4.10. The standard InChI is InChI=1S/C11H9ClS/c12-6-1-2-9-3-4-10-5-7-13-11(10)8-9/h1-5,7-8H,6H2. The smallest absolute Gasteiger partial charge is 0.0407 e. The lowest BCUT2D eigenvalue weighted by molar-refractivity contribution is 1.72. The summed E-state index contributed by atoms with van der Waals surface area (Å²) in [5.74, 6) is 0.572. The van der Waals surface area contributed by atoms with Gasteiger partial charge in [-0.05, 0) is 28.5 Å². The van der Waals surface area contributed by atoms with E-state index in [9.17, 15) is 0 Å². The van der Waals surface area contributed by atoms with Crippen LogP contribution >= 0.6 is 22.9 Å². The fraction of sp³-hybridized carbons (Fsp3) is 0.0909. The van der Waals surface area contributed by atoms with E-state index in [0.29, 0.717) is 5.88 Å². The molecule has 0 aliphatic rings. The van der Waals surface area contributed by atoms with Gasteiger partial charge in [-0.3, -0.25) is 0 Å².